The number of nitrogen functional groups attached to an aromatic ring is 1. The highest BCUT2D eigenvalue weighted by Gasteiger charge is 2.18. The molecule has 0 amide bonds. The molecule has 0 unspecified atom stereocenters. The number of nitrogens with two attached hydrogens (primary N) is 1. The quantitative estimate of drug-likeness (QED) is 0.571. The van der Waals surface area contributed by atoms with Crippen molar-refractivity contribution < 1.29 is 13.9 Å². The lowest BCUT2D eigenvalue weighted by Gasteiger charge is -1.97. The van der Waals surface area contributed by atoms with Gasteiger partial charge in [0.2, 0.25) is 12.5 Å². The van der Waals surface area contributed by atoms with Gasteiger partial charge in [0.1, 0.15) is 0 Å². The third-order valence-corrected chi connectivity index (χ3v) is 1.45. The van der Waals surface area contributed by atoms with E-state index in [2.05, 4.69) is 0 Å². The van der Waals surface area contributed by atoms with Crippen molar-refractivity contribution in [2.24, 2.45) is 0 Å². The van der Waals surface area contributed by atoms with Crippen LogP contribution in [0.3, 0.4) is 0 Å². The molecule has 0 radical (unpaired) electrons. The van der Waals surface area contributed by atoms with E-state index < -0.39 is 5.82 Å². The van der Waals surface area contributed by atoms with Gasteiger partial charge in [-0.05, 0) is 0 Å². The van der Waals surface area contributed by atoms with Crippen LogP contribution in [-0.2, 0) is 0 Å². The Hall–Kier alpha value is -1.45. The van der Waals surface area contributed by atoms with Crippen molar-refractivity contribution in [3.05, 3.63) is 17.9 Å². The first-order valence-corrected chi connectivity index (χ1v) is 3.12. The number of fused-ring (bicyclic) bond motifs is 1. The number of rotatable bonds is 0. The monoisotopic (exact) mass is 155 g/mol. The summed E-state index contributed by atoms with van der Waals surface area (Å²) in [7, 11) is 0. The van der Waals surface area contributed by atoms with Crippen LogP contribution in [0.25, 0.3) is 0 Å². The maximum absolute atomic E-state index is 12.9. The summed E-state index contributed by atoms with van der Waals surface area (Å²) in [6.45, 7) is 0.0652. The van der Waals surface area contributed by atoms with E-state index in [-0.39, 0.29) is 12.5 Å². The number of benzene rings is 1. The van der Waals surface area contributed by atoms with E-state index >= 15 is 0 Å². The minimum atomic E-state index is -0.475. The van der Waals surface area contributed by atoms with Gasteiger partial charge >= 0.3 is 0 Å². The highest BCUT2D eigenvalue weighted by atomic mass is 19.1. The normalized spacial score (nSPS) is 13.5. The van der Waals surface area contributed by atoms with Crippen LogP contribution >= 0.6 is 0 Å². The number of halogens is 1. The van der Waals surface area contributed by atoms with Crippen LogP contribution in [0, 0.1) is 5.82 Å². The fourth-order valence-corrected chi connectivity index (χ4v) is 0.987. The molecule has 0 bridgehead atoms. The van der Waals surface area contributed by atoms with Gasteiger partial charge < -0.3 is 15.2 Å². The molecule has 4 heteroatoms. The highest BCUT2D eigenvalue weighted by Crippen LogP contribution is 2.36. The summed E-state index contributed by atoms with van der Waals surface area (Å²) < 4.78 is 22.6. The van der Waals surface area contributed by atoms with Crippen LogP contribution in [0.1, 0.15) is 0 Å². The zero-order valence-corrected chi connectivity index (χ0v) is 5.63. The molecule has 11 heavy (non-hydrogen) atoms. The third-order valence-electron chi connectivity index (χ3n) is 1.45. The molecule has 2 N–H and O–H groups in total. The Labute approximate surface area is 62.5 Å². The summed E-state index contributed by atoms with van der Waals surface area (Å²) in [5.41, 5.74) is 5.70. The Balaban J connectivity index is 2.60. The second-order valence-electron chi connectivity index (χ2n) is 2.24. The maximum atomic E-state index is 12.9. The van der Waals surface area contributed by atoms with Gasteiger partial charge in [0.25, 0.3) is 0 Å². The van der Waals surface area contributed by atoms with Crippen LogP contribution in [0.4, 0.5) is 10.1 Å². The molecule has 0 spiro atoms. The van der Waals surface area contributed by atoms with Crippen LogP contribution < -0.4 is 15.2 Å². The van der Waals surface area contributed by atoms with Gasteiger partial charge in [-0.25, -0.2) is 4.39 Å². The number of hydrogen-bond donors (Lipinski definition) is 1. The van der Waals surface area contributed by atoms with Gasteiger partial charge in [-0.1, -0.05) is 0 Å². The smallest absolute Gasteiger partial charge is 0.231 e. The van der Waals surface area contributed by atoms with E-state index in [1.54, 1.807) is 0 Å². The lowest BCUT2D eigenvalue weighted by atomic mass is 10.3. The Bertz CT molecular complexity index is 301. The molecular formula is C7H6FNO2. The minimum Gasteiger partial charge on any atom is -0.453 e. The van der Waals surface area contributed by atoms with Crippen LogP contribution in [0.15, 0.2) is 12.1 Å². The largest absolute Gasteiger partial charge is 0.453 e. The van der Waals surface area contributed by atoms with Gasteiger partial charge in [-0.3, -0.25) is 0 Å². The maximum Gasteiger partial charge on any atom is 0.231 e. The first-order valence-electron chi connectivity index (χ1n) is 3.12. The highest BCUT2D eigenvalue weighted by molar-refractivity contribution is 5.53. The number of ether oxygens (including phenoxy) is 2. The minimum absolute atomic E-state index is 0.0652. The summed E-state index contributed by atoms with van der Waals surface area (Å²) in [6, 6.07) is 2.74. The molecule has 1 aromatic rings. The van der Waals surface area contributed by atoms with Crippen LogP contribution in [0.2, 0.25) is 0 Å². The summed E-state index contributed by atoms with van der Waals surface area (Å²) in [6.07, 6.45) is 0. The fraction of sp³-hybridized carbons (Fsp3) is 0.143. The average Bonchev–Trinajstić information content (AvgIpc) is 2.34. The van der Waals surface area contributed by atoms with E-state index in [1.165, 1.54) is 12.1 Å². The molecule has 0 saturated carbocycles. The second-order valence-corrected chi connectivity index (χ2v) is 2.24. The van der Waals surface area contributed by atoms with Crippen molar-refractivity contribution in [3.8, 4) is 11.5 Å². The lowest BCUT2D eigenvalue weighted by Crippen LogP contribution is -1.93. The van der Waals surface area contributed by atoms with Crippen molar-refractivity contribution >= 4 is 5.69 Å². The summed E-state index contributed by atoms with van der Waals surface area (Å²) in [4.78, 5) is 0. The molecule has 3 nitrogen and oxygen atoms in total. The molecule has 0 saturated heterocycles. The summed E-state index contributed by atoms with van der Waals surface area (Å²) in [5.74, 6) is 0.0548. The summed E-state index contributed by atoms with van der Waals surface area (Å²) in [5, 5.41) is 0. The zero-order valence-electron chi connectivity index (χ0n) is 5.63. The topological polar surface area (TPSA) is 44.5 Å². The molecule has 2 rings (SSSR count). The molecular weight excluding hydrogens is 149 g/mol. The molecule has 0 atom stereocenters. The zero-order chi connectivity index (χ0) is 7.84. The van der Waals surface area contributed by atoms with Crippen molar-refractivity contribution in [1.29, 1.82) is 0 Å². The van der Waals surface area contributed by atoms with Crippen LogP contribution in [-0.4, -0.2) is 6.79 Å². The Kier molecular flexibility index (Phi) is 1.15. The Morgan fingerprint density at radius 3 is 3.00 bits per heavy atom. The van der Waals surface area contributed by atoms with Gasteiger partial charge in [-0.2, -0.15) is 0 Å². The molecule has 1 aliphatic rings. The number of hydrogen-bond acceptors (Lipinski definition) is 3. The molecule has 0 aromatic heterocycles. The molecule has 0 aliphatic carbocycles. The lowest BCUT2D eigenvalue weighted by molar-refractivity contribution is 0.171. The van der Waals surface area contributed by atoms with E-state index in [1.807, 2.05) is 0 Å². The second kappa shape index (κ2) is 2.02. The predicted octanol–water partition coefficient (Wildman–Crippen LogP) is 1.14. The van der Waals surface area contributed by atoms with Crippen molar-refractivity contribution in [2.45, 2.75) is 0 Å². The van der Waals surface area contributed by atoms with Crippen molar-refractivity contribution in [2.75, 3.05) is 12.5 Å². The molecule has 1 heterocycles. The SMILES string of the molecule is Nc1cc(F)c2c(c1)OCO2. The van der Waals surface area contributed by atoms with E-state index in [0.717, 1.165) is 0 Å². The number of anilines is 1. The van der Waals surface area contributed by atoms with Crippen molar-refractivity contribution in [1.82, 2.24) is 0 Å². The van der Waals surface area contributed by atoms with Gasteiger partial charge in [0.05, 0.1) is 0 Å². The summed E-state index contributed by atoms with van der Waals surface area (Å²) >= 11 is 0. The van der Waals surface area contributed by atoms with Crippen molar-refractivity contribution in [3.63, 3.8) is 0 Å². The molecule has 1 aliphatic heterocycles. The van der Waals surface area contributed by atoms with E-state index in [0.29, 0.717) is 11.4 Å². The molecule has 1 aromatic carbocycles. The third kappa shape index (κ3) is 0.869. The molecule has 58 valence electrons. The predicted molar refractivity (Wildman–Crippen MR) is 36.9 cm³/mol. The Morgan fingerprint density at radius 1 is 1.36 bits per heavy atom. The van der Waals surface area contributed by atoms with Gasteiger partial charge in [0, 0.05) is 17.8 Å². The van der Waals surface area contributed by atoms with Gasteiger partial charge in [0.15, 0.2) is 11.6 Å². The van der Waals surface area contributed by atoms with E-state index in [9.17, 15) is 4.39 Å². The fourth-order valence-electron chi connectivity index (χ4n) is 0.987. The molecule has 0 fully saturated rings. The average molecular weight is 155 g/mol. The first kappa shape index (κ1) is 6.27. The van der Waals surface area contributed by atoms with Gasteiger partial charge in [-0.15, -0.1) is 0 Å². The first-order chi connectivity index (χ1) is 5.27. The van der Waals surface area contributed by atoms with Crippen LogP contribution in [0.5, 0.6) is 11.5 Å². The standard InChI is InChI=1S/C7H6FNO2/c8-5-1-4(9)2-6-7(5)11-3-10-6/h1-2H,3,9H2. The Morgan fingerprint density at radius 2 is 2.18 bits per heavy atom. The van der Waals surface area contributed by atoms with E-state index in [4.69, 9.17) is 15.2 Å².